The predicted octanol–water partition coefficient (Wildman–Crippen LogP) is 4.31. The Balaban J connectivity index is 1.60. The lowest BCUT2D eigenvalue weighted by Gasteiger charge is -2.10. The summed E-state index contributed by atoms with van der Waals surface area (Å²) in [5.41, 5.74) is 2.76. The zero-order chi connectivity index (χ0) is 19.2. The van der Waals surface area contributed by atoms with Crippen LogP contribution < -0.4 is 15.4 Å². The quantitative estimate of drug-likeness (QED) is 0.664. The third-order valence-electron chi connectivity index (χ3n) is 4.03. The molecule has 2 N–H and O–H groups in total. The van der Waals surface area contributed by atoms with Crippen LogP contribution in [-0.2, 0) is 6.54 Å². The van der Waals surface area contributed by atoms with E-state index in [0.717, 1.165) is 16.9 Å². The van der Waals surface area contributed by atoms with Gasteiger partial charge >= 0.3 is 0 Å². The van der Waals surface area contributed by atoms with Gasteiger partial charge in [0.1, 0.15) is 17.3 Å². The molecule has 1 amide bonds. The zero-order valence-corrected chi connectivity index (χ0v) is 15.7. The summed E-state index contributed by atoms with van der Waals surface area (Å²) in [5.74, 6) is 1.06. The zero-order valence-electron chi connectivity index (χ0n) is 15.0. The highest BCUT2D eigenvalue weighted by Crippen LogP contribution is 2.23. The van der Waals surface area contributed by atoms with Crippen molar-refractivity contribution in [3.05, 3.63) is 76.7 Å². The van der Waals surface area contributed by atoms with E-state index in [1.165, 1.54) is 12.4 Å². The van der Waals surface area contributed by atoms with Gasteiger partial charge in [0.25, 0.3) is 5.91 Å². The van der Waals surface area contributed by atoms with Gasteiger partial charge in [-0.3, -0.25) is 4.79 Å². The number of benzene rings is 2. The van der Waals surface area contributed by atoms with Gasteiger partial charge < -0.3 is 15.4 Å². The summed E-state index contributed by atoms with van der Waals surface area (Å²) in [4.78, 5) is 20.8. The number of halogens is 1. The molecule has 1 aromatic heterocycles. The Kier molecular flexibility index (Phi) is 5.88. The number of amides is 1. The molecule has 0 bridgehead atoms. The molecule has 6 nitrogen and oxygen atoms in total. The number of rotatable bonds is 6. The minimum absolute atomic E-state index is 0.226. The minimum Gasteiger partial charge on any atom is -0.497 e. The molecule has 7 heteroatoms. The van der Waals surface area contributed by atoms with Gasteiger partial charge in [0.05, 0.1) is 19.5 Å². The van der Waals surface area contributed by atoms with E-state index in [1.54, 1.807) is 25.3 Å². The van der Waals surface area contributed by atoms with Crippen molar-refractivity contribution in [1.82, 2.24) is 9.97 Å². The van der Waals surface area contributed by atoms with Crippen LogP contribution in [-0.4, -0.2) is 23.0 Å². The molecule has 3 aromatic rings. The molecule has 0 saturated heterocycles. The minimum atomic E-state index is -0.338. The van der Waals surface area contributed by atoms with Crippen molar-refractivity contribution in [3.8, 4) is 5.75 Å². The number of hydrogen-bond donors (Lipinski definition) is 2. The van der Waals surface area contributed by atoms with Crippen LogP contribution in [0.5, 0.6) is 5.75 Å². The molecule has 0 radical (unpaired) electrons. The molecule has 138 valence electrons. The topological polar surface area (TPSA) is 76.1 Å². The first kappa shape index (κ1) is 18.7. The van der Waals surface area contributed by atoms with E-state index in [2.05, 4.69) is 20.6 Å². The van der Waals surface area contributed by atoms with Gasteiger partial charge in [0.15, 0.2) is 0 Å². The SMILES string of the molecule is COc1ccc(CNc2cnc(C(=O)Nc3cccc(Cl)c3C)cn2)cc1. The second-order valence-corrected chi connectivity index (χ2v) is 6.26. The van der Waals surface area contributed by atoms with Crippen LogP contribution in [0, 0.1) is 6.92 Å². The first-order valence-electron chi connectivity index (χ1n) is 8.32. The summed E-state index contributed by atoms with van der Waals surface area (Å²) < 4.78 is 5.14. The number of carbonyl (C=O) groups is 1. The number of anilines is 2. The molecule has 0 aliphatic rings. The molecule has 0 atom stereocenters. The number of carbonyl (C=O) groups excluding carboxylic acids is 1. The van der Waals surface area contributed by atoms with Crippen molar-refractivity contribution in [1.29, 1.82) is 0 Å². The van der Waals surface area contributed by atoms with Crippen LogP contribution >= 0.6 is 11.6 Å². The number of nitrogens with one attached hydrogen (secondary N) is 2. The highest BCUT2D eigenvalue weighted by atomic mass is 35.5. The smallest absolute Gasteiger partial charge is 0.275 e. The fourth-order valence-corrected chi connectivity index (χ4v) is 2.58. The molecular formula is C20H19ClN4O2. The van der Waals surface area contributed by atoms with E-state index in [-0.39, 0.29) is 11.6 Å². The van der Waals surface area contributed by atoms with Gasteiger partial charge in [-0.25, -0.2) is 9.97 Å². The Morgan fingerprint density at radius 2 is 1.89 bits per heavy atom. The molecule has 0 spiro atoms. The van der Waals surface area contributed by atoms with Crippen LogP contribution in [0.2, 0.25) is 5.02 Å². The molecule has 0 aliphatic heterocycles. The van der Waals surface area contributed by atoms with Crippen molar-refractivity contribution in [2.45, 2.75) is 13.5 Å². The van der Waals surface area contributed by atoms with E-state index < -0.39 is 0 Å². The Labute approximate surface area is 162 Å². The van der Waals surface area contributed by atoms with Gasteiger partial charge in [-0.2, -0.15) is 0 Å². The van der Waals surface area contributed by atoms with Crippen molar-refractivity contribution in [3.63, 3.8) is 0 Å². The number of hydrogen-bond acceptors (Lipinski definition) is 5. The van der Waals surface area contributed by atoms with Gasteiger partial charge in [-0.1, -0.05) is 29.8 Å². The summed E-state index contributed by atoms with van der Waals surface area (Å²) in [6, 6.07) is 13.1. The van der Waals surface area contributed by atoms with E-state index >= 15 is 0 Å². The Morgan fingerprint density at radius 3 is 2.56 bits per heavy atom. The van der Waals surface area contributed by atoms with Crippen molar-refractivity contribution >= 4 is 29.0 Å². The molecule has 27 heavy (non-hydrogen) atoms. The maximum absolute atomic E-state index is 12.3. The Morgan fingerprint density at radius 1 is 1.11 bits per heavy atom. The van der Waals surface area contributed by atoms with Crippen molar-refractivity contribution < 1.29 is 9.53 Å². The van der Waals surface area contributed by atoms with Gasteiger partial charge in [0, 0.05) is 17.3 Å². The van der Waals surface area contributed by atoms with E-state index in [0.29, 0.717) is 23.1 Å². The van der Waals surface area contributed by atoms with Crippen LogP contribution in [0.3, 0.4) is 0 Å². The third-order valence-corrected chi connectivity index (χ3v) is 4.44. The molecule has 3 rings (SSSR count). The monoisotopic (exact) mass is 382 g/mol. The van der Waals surface area contributed by atoms with Crippen LogP contribution in [0.4, 0.5) is 11.5 Å². The summed E-state index contributed by atoms with van der Waals surface area (Å²) in [6.07, 6.45) is 2.97. The number of ether oxygens (including phenoxy) is 1. The van der Waals surface area contributed by atoms with Crippen molar-refractivity contribution in [2.75, 3.05) is 17.7 Å². The average molecular weight is 383 g/mol. The van der Waals surface area contributed by atoms with Gasteiger partial charge in [-0.05, 0) is 42.3 Å². The maximum Gasteiger partial charge on any atom is 0.275 e. The number of methoxy groups -OCH3 is 1. The lowest BCUT2D eigenvalue weighted by Crippen LogP contribution is -2.15. The lowest BCUT2D eigenvalue weighted by atomic mass is 10.2. The van der Waals surface area contributed by atoms with Gasteiger partial charge in [0.2, 0.25) is 0 Å². The van der Waals surface area contributed by atoms with E-state index in [4.69, 9.17) is 16.3 Å². The Hall–Kier alpha value is -3.12. The second kappa shape index (κ2) is 8.51. The lowest BCUT2D eigenvalue weighted by molar-refractivity contribution is 0.102. The standard InChI is InChI=1S/C20H19ClN4O2/c1-13-16(21)4-3-5-17(13)25-20(26)18-11-24-19(12-22-18)23-10-14-6-8-15(27-2)9-7-14/h3-9,11-12H,10H2,1-2H3,(H,23,24)(H,25,26). The maximum atomic E-state index is 12.3. The fraction of sp³-hybridized carbons (Fsp3) is 0.150. The second-order valence-electron chi connectivity index (χ2n) is 5.86. The van der Waals surface area contributed by atoms with Crippen molar-refractivity contribution in [2.24, 2.45) is 0 Å². The largest absolute Gasteiger partial charge is 0.497 e. The summed E-state index contributed by atoms with van der Waals surface area (Å²) >= 11 is 6.07. The summed E-state index contributed by atoms with van der Waals surface area (Å²) in [6.45, 7) is 2.43. The van der Waals surface area contributed by atoms with E-state index in [9.17, 15) is 4.79 Å². The number of nitrogens with zero attached hydrogens (tertiary/aromatic N) is 2. The average Bonchev–Trinajstić information content (AvgIpc) is 2.70. The molecular weight excluding hydrogens is 364 g/mol. The third kappa shape index (κ3) is 4.74. The Bertz CT molecular complexity index is 928. The highest BCUT2D eigenvalue weighted by molar-refractivity contribution is 6.31. The first-order chi connectivity index (χ1) is 13.1. The van der Waals surface area contributed by atoms with Gasteiger partial charge in [-0.15, -0.1) is 0 Å². The molecule has 0 fully saturated rings. The first-order valence-corrected chi connectivity index (χ1v) is 8.70. The molecule has 0 aliphatic carbocycles. The summed E-state index contributed by atoms with van der Waals surface area (Å²) in [7, 11) is 1.63. The van der Waals surface area contributed by atoms with E-state index in [1.807, 2.05) is 31.2 Å². The van der Waals surface area contributed by atoms with Crippen LogP contribution in [0.1, 0.15) is 21.6 Å². The molecule has 0 saturated carbocycles. The fourth-order valence-electron chi connectivity index (χ4n) is 2.40. The number of aromatic nitrogens is 2. The molecule has 0 unspecified atom stereocenters. The highest BCUT2D eigenvalue weighted by Gasteiger charge is 2.11. The normalized spacial score (nSPS) is 10.3. The predicted molar refractivity (Wildman–Crippen MR) is 106 cm³/mol. The molecule has 1 heterocycles. The van der Waals surface area contributed by atoms with Crippen LogP contribution in [0.25, 0.3) is 0 Å². The molecule has 2 aromatic carbocycles. The summed E-state index contributed by atoms with van der Waals surface area (Å²) in [5, 5.41) is 6.56. The van der Waals surface area contributed by atoms with Crippen LogP contribution in [0.15, 0.2) is 54.9 Å².